The molecule has 0 spiro atoms. The van der Waals surface area contributed by atoms with Gasteiger partial charge in [0.1, 0.15) is 0 Å². The fraction of sp³-hybridized carbons (Fsp3) is 0.500. The summed E-state index contributed by atoms with van der Waals surface area (Å²) < 4.78 is 0.868. The van der Waals surface area contributed by atoms with Crippen molar-refractivity contribution in [3.63, 3.8) is 0 Å². The third-order valence-electron chi connectivity index (χ3n) is 4.05. The van der Waals surface area contributed by atoms with Crippen molar-refractivity contribution in [2.24, 2.45) is 11.8 Å². The van der Waals surface area contributed by atoms with Crippen LogP contribution in [0.2, 0.25) is 6.34 Å². The zero-order valence-electron chi connectivity index (χ0n) is 12.0. The molecule has 0 amide bonds. The van der Waals surface area contributed by atoms with Crippen LogP contribution in [0.1, 0.15) is 27.7 Å². The van der Waals surface area contributed by atoms with Gasteiger partial charge in [-0.25, -0.2) is 0 Å². The van der Waals surface area contributed by atoms with E-state index in [4.69, 9.17) is 0 Å². The molecule has 2 aliphatic carbocycles. The van der Waals surface area contributed by atoms with Crippen LogP contribution in [0.15, 0.2) is 48.6 Å². The van der Waals surface area contributed by atoms with Gasteiger partial charge < -0.3 is 24.8 Å². The van der Waals surface area contributed by atoms with Crippen LogP contribution in [0.25, 0.3) is 0 Å². The van der Waals surface area contributed by atoms with Gasteiger partial charge in [0.2, 0.25) is 0 Å². The van der Waals surface area contributed by atoms with E-state index >= 15 is 0 Å². The maximum Gasteiger partial charge on any atom is -1.00 e. The summed E-state index contributed by atoms with van der Waals surface area (Å²) in [6.45, 7) is 9.51. The average Bonchev–Trinajstić information content (AvgIpc) is 2.88. The van der Waals surface area contributed by atoms with Gasteiger partial charge >= 0.3 is 117 Å². The van der Waals surface area contributed by atoms with Crippen LogP contribution in [0, 0.1) is 11.8 Å². The van der Waals surface area contributed by atoms with Gasteiger partial charge in [-0.2, -0.15) is 0 Å². The van der Waals surface area contributed by atoms with Gasteiger partial charge in [-0.05, 0) is 0 Å². The van der Waals surface area contributed by atoms with Crippen LogP contribution in [-0.2, 0) is 22.9 Å². The molecule has 0 aromatic rings. The van der Waals surface area contributed by atoms with Crippen molar-refractivity contribution in [3.05, 3.63) is 48.6 Å². The van der Waals surface area contributed by atoms with Gasteiger partial charge in [0.25, 0.3) is 0 Å². The molecule has 0 aromatic carbocycles. The van der Waals surface area contributed by atoms with Crippen LogP contribution in [0.4, 0.5) is 0 Å². The van der Waals surface area contributed by atoms with Gasteiger partial charge in [0.15, 0.2) is 0 Å². The fourth-order valence-corrected chi connectivity index (χ4v) is 9.92. The van der Waals surface area contributed by atoms with Crippen molar-refractivity contribution in [1.29, 1.82) is 0 Å². The maximum atomic E-state index is 2.48. The van der Waals surface area contributed by atoms with Gasteiger partial charge in [-0.1, -0.05) is 0 Å². The third kappa shape index (κ3) is 3.74. The minimum Gasteiger partial charge on any atom is -1.00 e. The van der Waals surface area contributed by atoms with Gasteiger partial charge in [-0.15, -0.1) is 0 Å². The summed E-state index contributed by atoms with van der Waals surface area (Å²) >= 11 is -0.884. The van der Waals surface area contributed by atoms with E-state index < -0.39 is 22.9 Å². The Morgan fingerprint density at radius 2 is 0.895 bits per heavy atom. The second-order valence-electron chi connectivity index (χ2n) is 5.74. The molecule has 19 heavy (non-hydrogen) atoms. The Morgan fingerprint density at radius 1 is 0.632 bits per heavy atom. The van der Waals surface area contributed by atoms with E-state index in [-0.39, 0.29) is 24.8 Å². The largest absolute Gasteiger partial charge is 1.00 e. The molecule has 0 bridgehead atoms. The van der Waals surface area contributed by atoms with E-state index in [1.54, 1.807) is 0 Å². The smallest absolute Gasteiger partial charge is 1.00 e. The second kappa shape index (κ2) is 7.43. The molecule has 0 atom stereocenters. The van der Waals surface area contributed by atoms with E-state index in [1.165, 1.54) is 0 Å². The molecule has 0 nitrogen and oxygen atoms in total. The van der Waals surface area contributed by atoms with Crippen molar-refractivity contribution in [1.82, 2.24) is 0 Å². The summed E-state index contributed by atoms with van der Waals surface area (Å²) in [6, 6.07) is 0. The summed E-state index contributed by atoms with van der Waals surface area (Å²) in [7, 11) is 0. The van der Waals surface area contributed by atoms with E-state index in [1.807, 2.05) is 0 Å². The summed E-state index contributed by atoms with van der Waals surface area (Å²) in [5, 5.41) is 0. The zero-order valence-corrected chi connectivity index (χ0v) is 17.1. The number of rotatable bonds is 4. The first-order valence-electron chi connectivity index (χ1n) is 6.54. The van der Waals surface area contributed by atoms with Crippen molar-refractivity contribution in [2.45, 2.75) is 34.0 Å². The maximum absolute atomic E-state index is 2.48. The minimum atomic E-state index is -0.884. The van der Waals surface area contributed by atoms with Gasteiger partial charge in [-0.3, -0.25) is 0 Å². The van der Waals surface area contributed by atoms with Crippen LogP contribution in [-0.4, -0.2) is 0 Å². The first-order valence-corrected chi connectivity index (χ1v) is 10.1. The van der Waals surface area contributed by atoms with Crippen LogP contribution >= 0.6 is 0 Å². The molecular weight excluding hydrogens is 442 g/mol. The predicted octanol–water partition coefficient (Wildman–Crippen LogP) is -1.04. The Hall–Kier alpha value is 0.410. The van der Waals surface area contributed by atoms with Crippen LogP contribution in [0.3, 0.4) is 0 Å². The monoisotopic (exact) mass is 464 g/mol. The van der Waals surface area contributed by atoms with Gasteiger partial charge in [0.05, 0.1) is 0 Å². The summed E-state index contributed by atoms with van der Waals surface area (Å²) in [4.78, 5) is 0. The topological polar surface area (TPSA) is 0 Å². The van der Waals surface area contributed by atoms with E-state index in [2.05, 4.69) is 76.3 Å². The quantitative estimate of drug-likeness (QED) is 0.467. The van der Waals surface area contributed by atoms with Crippen molar-refractivity contribution in [3.8, 4) is 0 Å². The molecule has 2 rings (SSSR count). The SMILES string of the molecule is CC(C)[C]1([Hf+2][C]2(C(C)C)C=CC=C2)C=CC=C1.[Cl-].[Cl-]. The molecule has 0 N–H and O–H groups in total. The third-order valence-corrected chi connectivity index (χ3v) is 13.7. The van der Waals surface area contributed by atoms with E-state index in [9.17, 15) is 0 Å². The van der Waals surface area contributed by atoms with Gasteiger partial charge in [0, 0.05) is 0 Å². The Labute approximate surface area is 141 Å². The second-order valence-corrected chi connectivity index (χ2v) is 12.9. The number of halogens is 2. The number of hydrogen-bond acceptors (Lipinski definition) is 0. The van der Waals surface area contributed by atoms with Crippen LogP contribution in [0.5, 0.6) is 0 Å². The average molecular weight is 464 g/mol. The Balaban J connectivity index is 0.00000162. The first kappa shape index (κ1) is 19.4. The molecule has 0 aromatic heterocycles. The minimum absolute atomic E-state index is 0. The normalized spacial score (nSPS) is 20.5. The fourth-order valence-electron chi connectivity index (χ4n) is 2.57. The first-order chi connectivity index (χ1) is 8.01. The molecule has 0 radical (unpaired) electrons. The summed E-state index contributed by atoms with van der Waals surface area (Å²) in [5.41, 5.74) is 0. The predicted molar refractivity (Wildman–Crippen MR) is 71.6 cm³/mol. The standard InChI is InChI=1S/2C8H11.2ClH.Hf/c2*1-7(2)8-5-3-4-6-8;;;/h2*3-7H,1-2H3;2*1H;/q;;;;+2/p-2. The van der Waals surface area contributed by atoms with Crippen molar-refractivity contribution in [2.75, 3.05) is 0 Å². The molecule has 3 heteroatoms. The molecule has 2 aliphatic rings. The van der Waals surface area contributed by atoms with Crippen molar-refractivity contribution < 1.29 is 47.7 Å². The molecule has 0 heterocycles. The van der Waals surface area contributed by atoms with E-state index in [0.717, 1.165) is 11.8 Å². The van der Waals surface area contributed by atoms with E-state index in [0.29, 0.717) is 6.34 Å². The molecule has 0 saturated heterocycles. The van der Waals surface area contributed by atoms with Crippen molar-refractivity contribution >= 4 is 0 Å². The molecule has 0 aliphatic heterocycles. The van der Waals surface area contributed by atoms with Crippen LogP contribution < -0.4 is 24.8 Å². The molecular formula is C16H22Cl2Hf. The Bertz CT molecular complexity index is 341. The summed E-state index contributed by atoms with van der Waals surface area (Å²) in [5.74, 6) is 1.47. The molecule has 0 saturated carbocycles. The molecule has 104 valence electrons. The Morgan fingerprint density at radius 3 is 1.11 bits per heavy atom. The number of allylic oxidation sites excluding steroid dienone is 8. The number of hydrogen-bond donors (Lipinski definition) is 0. The Kier molecular flexibility index (Phi) is 7.59. The summed E-state index contributed by atoms with van der Waals surface area (Å²) in [6.07, 6.45) is 18.9. The zero-order chi connectivity index (χ0) is 12.5. The molecule has 0 unspecified atom stereocenters. The molecule has 0 fully saturated rings.